The number of carboxylic acids is 1. The van der Waals surface area contributed by atoms with Crippen molar-refractivity contribution in [3.63, 3.8) is 0 Å². The Balaban J connectivity index is 2.24. The summed E-state index contributed by atoms with van der Waals surface area (Å²) in [4.78, 5) is 22.6. The SMILES string of the molecule is Cn1nnc(NC(=O)NCCC(O)C(=O)O)n1. The Morgan fingerprint density at radius 3 is 2.76 bits per heavy atom. The lowest BCUT2D eigenvalue weighted by atomic mass is 10.2. The summed E-state index contributed by atoms with van der Waals surface area (Å²) in [6.45, 7) is 0.0135. The van der Waals surface area contributed by atoms with Gasteiger partial charge in [0, 0.05) is 13.0 Å². The van der Waals surface area contributed by atoms with Crippen molar-refractivity contribution in [3.8, 4) is 0 Å². The third-order valence-electron chi connectivity index (χ3n) is 1.72. The van der Waals surface area contributed by atoms with Crippen LogP contribution in [-0.4, -0.2) is 55.1 Å². The lowest BCUT2D eigenvalue weighted by Gasteiger charge is -2.06. The van der Waals surface area contributed by atoms with Gasteiger partial charge in [0.15, 0.2) is 6.10 Å². The first-order valence-electron chi connectivity index (χ1n) is 4.68. The van der Waals surface area contributed by atoms with Gasteiger partial charge in [-0.25, -0.2) is 9.59 Å². The highest BCUT2D eigenvalue weighted by molar-refractivity contribution is 5.87. The third-order valence-corrected chi connectivity index (χ3v) is 1.72. The molecule has 1 atom stereocenters. The highest BCUT2D eigenvalue weighted by atomic mass is 16.4. The molecule has 94 valence electrons. The molecule has 0 bridgehead atoms. The quantitative estimate of drug-likeness (QED) is 0.477. The molecule has 10 heteroatoms. The summed E-state index contributed by atoms with van der Waals surface area (Å²) in [5.74, 6) is -1.30. The van der Waals surface area contributed by atoms with Crippen LogP contribution in [0.25, 0.3) is 0 Å². The number of urea groups is 1. The summed E-state index contributed by atoms with van der Waals surface area (Å²) in [7, 11) is 1.54. The summed E-state index contributed by atoms with van der Waals surface area (Å²) in [5.41, 5.74) is 0. The molecule has 1 heterocycles. The van der Waals surface area contributed by atoms with Crippen LogP contribution >= 0.6 is 0 Å². The number of aryl methyl sites for hydroxylation is 1. The van der Waals surface area contributed by atoms with Crippen LogP contribution in [0.1, 0.15) is 6.42 Å². The maximum atomic E-state index is 11.2. The summed E-state index contributed by atoms with van der Waals surface area (Å²) < 4.78 is 0. The molecule has 0 aliphatic rings. The second-order valence-electron chi connectivity index (χ2n) is 3.13. The maximum absolute atomic E-state index is 11.2. The molecule has 1 aromatic heterocycles. The Kier molecular flexibility index (Phi) is 4.34. The van der Waals surface area contributed by atoms with Crippen molar-refractivity contribution in [1.29, 1.82) is 0 Å². The summed E-state index contributed by atoms with van der Waals surface area (Å²) in [6.07, 6.45) is -1.58. The van der Waals surface area contributed by atoms with Gasteiger partial charge in [-0.15, -0.1) is 5.10 Å². The van der Waals surface area contributed by atoms with Gasteiger partial charge in [-0.1, -0.05) is 5.10 Å². The van der Waals surface area contributed by atoms with Crippen LogP contribution in [0.15, 0.2) is 0 Å². The Morgan fingerprint density at radius 2 is 2.24 bits per heavy atom. The van der Waals surface area contributed by atoms with Crippen molar-refractivity contribution in [3.05, 3.63) is 0 Å². The fraction of sp³-hybridized carbons (Fsp3) is 0.571. The zero-order valence-electron chi connectivity index (χ0n) is 8.99. The van der Waals surface area contributed by atoms with E-state index >= 15 is 0 Å². The average Bonchev–Trinajstić information content (AvgIpc) is 2.63. The van der Waals surface area contributed by atoms with Gasteiger partial charge in [-0.05, 0) is 5.21 Å². The molecule has 0 saturated heterocycles. The first-order chi connectivity index (χ1) is 7.99. The first kappa shape index (κ1) is 12.8. The van der Waals surface area contributed by atoms with Gasteiger partial charge >= 0.3 is 12.0 Å². The lowest BCUT2D eigenvalue weighted by molar-refractivity contribution is -0.146. The van der Waals surface area contributed by atoms with Crippen molar-refractivity contribution in [2.45, 2.75) is 12.5 Å². The number of hydrogen-bond donors (Lipinski definition) is 4. The van der Waals surface area contributed by atoms with E-state index in [0.29, 0.717) is 0 Å². The minimum atomic E-state index is -1.50. The van der Waals surface area contributed by atoms with Crippen LogP contribution in [0.4, 0.5) is 10.7 Å². The van der Waals surface area contributed by atoms with E-state index in [9.17, 15) is 9.59 Å². The number of rotatable bonds is 5. The molecule has 0 spiro atoms. The van der Waals surface area contributed by atoms with E-state index in [1.807, 2.05) is 0 Å². The number of aliphatic hydroxyl groups excluding tert-OH is 1. The Morgan fingerprint density at radius 1 is 1.53 bits per heavy atom. The molecular formula is C7H12N6O4. The van der Waals surface area contributed by atoms with Gasteiger partial charge in [0.05, 0.1) is 7.05 Å². The van der Waals surface area contributed by atoms with Crippen molar-refractivity contribution in [2.75, 3.05) is 11.9 Å². The molecular weight excluding hydrogens is 232 g/mol. The monoisotopic (exact) mass is 244 g/mol. The average molecular weight is 244 g/mol. The van der Waals surface area contributed by atoms with E-state index < -0.39 is 18.1 Å². The molecule has 1 unspecified atom stereocenters. The molecule has 4 N–H and O–H groups in total. The van der Waals surface area contributed by atoms with Crippen LogP contribution in [0.3, 0.4) is 0 Å². The van der Waals surface area contributed by atoms with E-state index in [4.69, 9.17) is 10.2 Å². The summed E-state index contributed by atoms with van der Waals surface area (Å²) >= 11 is 0. The molecule has 0 aromatic carbocycles. The molecule has 1 rings (SSSR count). The molecule has 1 aromatic rings. The zero-order valence-corrected chi connectivity index (χ0v) is 8.99. The predicted octanol–water partition coefficient (Wildman–Crippen LogP) is -1.83. The van der Waals surface area contributed by atoms with Gasteiger partial charge < -0.3 is 15.5 Å². The highest BCUT2D eigenvalue weighted by Crippen LogP contribution is 1.92. The number of amides is 2. The van der Waals surface area contributed by atoms with E-state index in [1.165, 1.54) is 4.80 Å². The van der Waals surface area contributed by atoms with E-state index in [1.54, 1.807) is 7.05 Å². The molecule has 0 fully saturated rings. The fourth-order valence-electron chi connectivity index (χ4n) is 0.926. The number of aliphatic carboxylic acids is 1. The maximum Gasteiger partial charge on any atom is 0.332 e. The number of carboxylic acid groups (broad SMARTS) is 1. The lowest BCUT2D eigenvalue weighted by Crippen LogP contribution is -2.33. The Labute approximate surface area is 95.6 Å². The van der Waals surface area contributed by atoms with Crippen molar-refractivity contribution >= 4 is 17.9 Å². The largest absolute Gasteiger partial charge is 0.479 e. The molecule has 0 saturated carbocycles. The van der Waals surface area contributed by atoms with Gasteiger partial charge in [0.2, 0.25) is 0 Å². The second-order valence-corrected chi connectivity index (χ2v) is 3.13. The van der Waals surface area contributed by atoms with Gasteiger partial charge in [-0.3, -0.25) is 5.32 Å². The molecule has 17 heavy (non-hydrogen) atoms. The van der Waals surface area contributed by atoms with Crippen LogP contribution in [-0.2, 0) is 11.8 Å². The normalized spacial score (nSPS) is 11.9. The number of anilines is 1. The smallest absolute Gasteiger partial charge is 0.332 e. The topological polar surface area (TPSA) is 142 Å². The van der Waals surface area contributed by atoms with Gasteiger partial charge in [-0.2, -0.15) is 4.80 Å². The number of nitrogens with zero attached hydrogens (tertiary/aromatic N) is 4. The van der Waals surface area contributed by atoms with Crippen molar-refractivity contribution in [2.24, 2.45) is 7.05 Å². The minimum Gasteiger partial charge on any atom is -0.479 e. The second kappa shape index (κ2) is 5.75. The molecule has 0 aliphatic heterocycles. The van der Waals surface area contributed by atoms with E-state index in [0.717, 1.165) is 0 Å². The Hall–Kier alpha value is -2.23. The van der Waals surface area contributed by atoms with Crippen LogP contribution in [0.2, 0.25) is 0 Å². The van der Waals surface area contributed by atoms with Crippen LogP contribution in [0.5, 0.6) is 0 Å². The molecule has 0 aliphatic carbocycles. The van der Waals surface area contributed by atoms with E-state index in [2.05, 4.69) is 26.0 Å². The first-order valence-corrected chi connectivity index (χ1v) is 4.68. The summed E-state index contributed by atoms with van der Waals surface area (Å²) in [6, 6.07) is -0.601. The fourth-order valence-corrected chi connectivity index (χ4v) is 0.926. The number of nitrogens with one attached hydrogen (secondary N) is 2. The van der Waals surface area contributed by atoms with E-state index in [-0.39, 0.29) is 18.9 Å². The van der Waals surface area contributed by atoms with Crippen LogP contribution < -0.4 is 10.6 Å². The number of carbonyl (C=O) groups is 2. The Bertz CT molecular complexity index is 405. The highest BCUT2D eigenvalue weighted by Gasteiger charge is 2.13. The van der Waals surface area contributed by atoms with Gasteiger partial charge in [0.1, 0.15) is 0 Å². The number of aliphatic hydroxyl groups is 1. The predicted molar refractivity (Wildman–Crippen MR) is 54.1 cm³/mol. The van der Waals surface area contributed by atoms with Crippen molar-refractivity contribution < 1.29 is 19.8 Å². The zero-order chi connectivity index (χ0) is 12.8. The van der Waals surface area contributed by atoms with Gasteiger partial charge in [0.25, 0.3) is 5.95 Å². The van der Waals surface area contributed by atoms with Crippen molar-refractivity contribution in [1.82, 2.24) is 25.5 Å². The molecule has 2 amide bonds. The minimum absolute atomic E-state index is 0.0135. The number of tetrazole rings is 1. The molecule has 10 nitrogen and oxygen atoms in total. The number of aromatic nitrogens is 4. The third kappa shape index (κ3) is 4.42. The molecule has 0 radical (unpaired) electrons. The number of hydrogen-bond acceptors (Lipinski definition) is 6. The summed E-state index contributed by atoms with van der Waals surface area (Å²) in [5, 5.41) is 32.6. The standard InChI is InChI=1S/C7H12N6O4/c1-13-11-6(10-12-13)9-7(17)8-3-2-4(14)5(15)16/h4,14H,2-3H2,1H3,(H,15,16)(H2,8,9,11,17). The number of carbonyl (C=O) groups excluding carboxylic acids is 1. The van der Waals surface area contributed by atoms with Crippen LogP contribution in [0, 0.1) is 0 Å².